The van der Waals surface area contributed by atoms with E-state index in [1.54, 1.807) is 18.2 Å². The van der Waals surface area contributed by atoms with Crippen LogP contribution in [0.5, 0.6) is 0 Å². The fourth-order valence-corrected chi connectivity index (χ4v) is 4.23. The van der Waals surface area contributed by atoms with Gasteiger partial charge in [0.25, 0.3) is 0 Å². The van der Waals surface area contributed by atoms with E-state index in [1.807, 2.05) is 16.7 Å². The van der Waals surface area contributed by atoms with Crippen LogP contribution in [0.4, 0.5) is 0 Å². The predicted octanol–water partition coefficient (Wildman–Crippen LogP) is 4.22. The van der Waals surface area contributed by atoms with Crippen molar-refractivity contribution in [2.75, 3.05) is 5.75 Å². The summed E-state index contributed by atoms with van der Waals surface area (Å²) in [5, 5.41) is 22.3. The van der Waals surface area contributed by atoms with Gasteiger partial charge in [-0.15, -0.1) is 16.8 Å². The van der Waals surface area contributed by atoms with Crippen molar-refractivity contribution in [3.8, 4) is 17.5 Å². The molecule has 6 nitrogen and oxygen atoms in total. The van der Waals surface area contributed by atoms with E-state index >= 15 is 0 Å². The molecular weight excluding hydrogens is 394 g/mol. The van der Waals surface area contributed by atoms with E-state index in [4.69, 9.17) is 11.6 Å². The normalized spacial score (nSPS) is 15.6. The van der Waals surface area contributed by atoms with Crippen molar-refractivity contribution in [1.82, 2.24) is 20.1 Å². The number of amides is 1. The van der Waals surface area contributed by atoms with E-state index in [2.05, 4.69) is 28.2 Å². The quantitative estimate of drug-likeness (QED) is 0.540. The number of hydrogen-bond donors (Lipinski definition) is 1. The van der Waals surface area contributed by atoms with E-state index < -0.39 is 5.54 Å². The molecular formula is C20H22ClN5OS. The van der Waals surface area contributed by atoms with Crippen LogP contribution in [0.25, 0.3) is 11.4 Å². The predicted molar refractivity (Wildman–Crippen MR) is 111 cm³/mol. The van der Waals surface area contributed by atoms with E-state index in [0.717, 1.165) is 24.8 Å². The number of carbonyl (C=O) groups excluding carboxylic acids is 1. The molecule has 1 aliphatic rings. The number of thioether (sulfide) groups is 1. The molecule has 1 aromatic carbocycles. The number of rotatable bonds is 7. The Morgan fingerprint density at radius 1 is 1.32 bits per heavy atom. The van der Waals surface area contributed by atoms with Gasteiger partial charge in [0.1, 0.15) is 5.54 Å². The van der Waals surface area contributed by atoms with Gasteiger partial charge in [0.05, 0.1) is 11.8 Å². The van der Waals surface area contributed by atoms with Crippen LogP contribution in [0.3, 0.4) is 0 Å². The van der Waals surface area contributed by atoms with Crippen molar-refractivity contribution in [3.05, 3.63) is 41.9 Å². The molecule has 146 valence electrons. The minimum Gasteiger partial charge on any atom is -0.337 e. The second-order valence-electron chi connectivity index (χ2n) is 6.80. The fraction of sp³-hybridized carbons (Fsp3) is 0.400. The first kappa shape index (κ1) is 20.4. The Morgan fingerprint density at radius 2 is 2.04 bits per heavy atom. The summed E-state index contributed by atoms with van der Waals surface area (Å²) < 4.78 is 1.91. The first-order valence-corrected chi connectivity index (χ1v) is 10.6. The Hall–Kier alpha value is -2.30. The second kappa shape index (κ2) is 9.26. The molecule has 1 heterocycles. The van der Waals surface area contributed by atoms with Gasteiger partial charge in [-0.05, 0) is 37.1 Å². The maximum atomic E-state index is 12.5. The zero-order valence-electron chi connectivity index (χ0n) is 15.5. The molecule has 2 aromatic rings. The van der Waals surface area contributed by atoms with Gasteiger partial charge in [-0.25, -0.2) is 0 Å². The topological polar surface area (TPSA) is 83.6 Å². The lowest BCUT2D eigenvalue weighted by atomic mass is 9.83. The molecule has 3 rings (SSSR count). The van der Waals surface area contributed by atoms with Crippen LogP contribution < -0.4 is 5.32 Å². The van der Waals surface area contributed by atoms with Gasteiger partial charge in [-0.3, -0.25) is 9.36 Å². The molecule has 0 bridgehead atoms. The summed E-state index contributed by atoms with van der Waals surface area (Å²) in [4.78, 5) is 12.5. The number of aromatic nitrogens is 3. The van der Waals surface area contributed by atoms with Gasteiger partial charge in [-0.2, -0.15) is 5.26 Å². The third-order valence-corrected chi connectivity index (χ3v) is 5.98. The molecule has 1 saturated carbocycles. The van der Waals surface area contributed by atoms with Gasteiger partial charge in [0.15, 0.2) is 11.0 Å². The average Bonchev–Trinajstić information content (AvgIpc) is 3.11. The third kappa shape index (κ3) is 4.75. The highest BCUT2D eigenvalue weighted by atomic mass is 35.5. The number of nitriles is 1. The fourth-order valence-electron chi connectivity index (χ4n) is 3.35. The first-order chi connectivity index (χ1) is 13.6. The van der Waals surface area contributed by atoms with Crippen LogP contribution >= 0.6 is 23.4 Å². The Kier molecular flexibility index (Phi) is 6.76. The number of nitrogens with zero attached hydrogens (tertiary/aromatic N) is 4. The molecule has 1 N–H and O–H groups in total. The standard InChI is InChI=1S/C20H22ClN5OS/c1-2-12-26-18(15-6-8-16(21)9-7-15)24-25-19(26)28-13-17(27)23-20(14-22)10-4-3-5-11-20/h2,6-9H,1,3-5,10-13H2,(H,23,27). The Balaban J connectivity index is 1.70. The maximum absolute atomic E-state index is 12.5. The van der Waals surface area contributed by atoms with E-state index in [0.29, 0.717) is 35.4 Å². The lowest BCUT2D eigenvalue weighted by Crippen LogP contribution is -2.49. The van der Waals surface area contributed by atoms with Crippen molar-refractivity contribution in [2.24, 2.45) is 0 Å². The molecule has 0 atom stereocenters. The number of benzene rings is 1. The van der Waals surface area contributed by atoms with Gasteiger partial charge >= 0.3 is 0 Å². The summed E-state index contributed by atoms with van der Waals surface area (Å²) in [6, 6.07) is 9.68. The number of carbonyl (C=O) groups is 1. The molecule has 8 heteroatoms. The highest BCUT2D eigenvalue weighted by Gasteiger charge is 2.33. The summed E-state index contributed by atoms with van der Waals surface area (Å²) >= 11 is 7.27. The van der Waals surface area contributed by atoms with Crippen LogP contribution in [0.15, 0.2) is 42.1 Å². The lowest BCUT2D eigenvalue weighted by molar-refractivity contribution is -0.120. The van der Waals surface area contributed by atoms with E-state index in [1.165, 1.54) is 11.8 Å². The highest BCUT2D eigenvalue weighted by Crippen LogP contribution is 2.28. The van der Waals surface area contributed by atoms with Gasteiger partial charge in [-0.1, -0.05) is 48.7 Å². The minimum atomic E-state index is -0.723. The number of allylic oxidation sites excluding steroid dienone is 1. The van der Waals surface area contributed by atoms with Crippen molar-refractivity contribution in [3.63, 3.8) is 0 Å². The zero-order valence-corrected chi connectivity index (χ0v) is 17.1. The minimum absolute atomic E-state index is 0.158. The molecule has 28 heavy (non-hydrogen) atoms. The molecule has 0 aliphatic heterocycles. The zero-order chi connectivity index (χ0) is 20.0. The SMILES string of the molecule is C=CCn1c(SCC(=O)NC2(C#N)CCCCC2)nnc1-c1ccc(Cl)cc1. The summed E-state index contributed by atoms with van der Waals surface area (Å²) in [6.45, 7) is 4.32. The first-order valence-electron chi connectivity index (χ1n) is 9.22. The molecule has 1 amide bonds. The van der Waals surface area contributed by atoms with E-state index in [-0.39, 0.29) is 11.7 Å². The summed E-state index contributed by atoms with van der Waals surface area (Å²) in [7, 11) is 0. The third-order valence-electron chi connectivity index (χ3n) is 4.76. The lowest BCUT2D eigenvalue weighted by Gasteiger charge is -2.31. The van der Waals surface area contributed by atoms with Crippen molar-refractivity contribution < 1.29 is 4.79 Å². The number of nitrogens with one attached hydrogen (secondary N) is 1. The Bertz CT molecular complexity index is 881. The monoisotopic (exact) mass is 415 g/mol. The summed E-state index contributed by atoms with van der Waals surface area (Å²) in [6.07, 6.45) is 6.25. The highest BCUT2D eigenvalue weighted by molar-refractivity contribution is 7.99. The Labute approximate surface area is 174 Å². The van der Waals surface area contributed by atoms with Gasteiger partial charge in [0, 0.05) is 17.1 Å². The van der Waals surface area contributed by atoms with Crippen molar-refractivity contribution in [2.45, 2.75) is 49.3 Å². The smallest absolute Gasteiger partial charge is 0.231 e. The molecule has 1 fully saturated rings. The summed E-state index contributed by atoms with van der Waals surface area (Å²) in [5.41, 5.74) is 0.166. The Morgan fingerprint density at radius 3 is 2.68 bits per heavy atom. The number of hydrogen-bond acceptors (Lipinski definition) is 5. The largest absolute Gasteiger partial charge is 0.337 e. The van der Waals surface area contributed by atoms with Gasteiger partial charge < -0.3 is 5.32 Å². The molecule has 0 spiro atoms. The molecule has 0 unspecified atom stereocenters. The molecule has 0 saturated heterocycles. The molecule has 1 aliphatic carbocycles. The average molecular weight is 416 g/mol. The van der Waals surface area contributed by atoms with Crippen LogP contribution in [0.2, 0.25) is 5.02 Å². The van der Waals surface area contributed by atoms with Gasteiger partial charge in [0.2, 0.25) is 5.91 Å². The molecule has 0 radical (unpaired) electrons. The van der Waals surface area contributed by atoms with Crippen LogP contribution in [0, 0.1) is 11.3 Å². The second-order valence-corrected chi connectivity index (χ2v) is 8.18. The van der Waals surface area contributed by atoms with Crippen molar-refractivity contribution >= 4 is 29.3 Å². The number of halogens is 1. The summed E-state index contributed by atoms with van der Waals surface area (Å²) in [5.74, 6) is 0.717. The van der Waals surface area contributed by atoms with Crippen LogP contribution in [-0.4, -0.2) is 32.0 Å². The van der Waals surface area contributed by atoms with E-state index in [9.17, 15) is 10.1 Å². The molecule has 1 aromatic heterocycles. The van der Waals surface area contributed by atoms with Crippen LogP contribution in [-0.2, 0) is 11.3 Å². The van der Waals surface area contributed by atoms with Crippen LogP contribution in [0.1, 0.15) is 32.1 Å². The van der Waals surface area contributed by atoms with Crippen molar-refractivity contribution in [1.29, 1.82) is 5.26 Å². The maximum Gasteiger partial charge on any atom is 0.231 e.